The standard InChI is InChI=1S/C13H19Cl2N3S.ClH/c1-3-18(4-2)9-8-16-13(19)17-12-10(14)6-5-7-11(12)15;/h5-7H,3-4,8-9H2,1-2H3,(H2,16,17,19);1H. The van der Waals surface area contributed by atoms with Crippen LogP contribution in [-0.2, 0) is 0 Å². The Balaban J connectivity index is 0.00000361. The maximum Gasteiger partial charge on any atom is 0.170 e. The van der Waals surface area contributed by atoms with Gasteiger partial charge in [-0.2, -0.15) is 0 Å². The minimum Gasteiger partial charge on any atom is -0.361 e. The molecule has 0 radical (unpaired) electrons. The van der Waals surface area contributed by atoms with Crippen LogP contribution in [0.4, 0.5) is 5.69 Å². The average Bonchev–Trinajstić information content (AvgIpc) is 2.39. The summed E-state index contributed by atoms with van der Waals surface area (Å²) in [5, 5.41) is 7.81. The summed E-state index contributed by atoms with van der Waals surface area (Å²) < 4.78 is 0. The lowest BCUT2D eigenvalue weighted by Crippen LogP contribution is -2.36. The van der Waals surface area contributed by atoms with Gasteiger partial charge in [0.2, 0.25) is 0 Å². The highest BCUT2D eigenvalue weighted by molar-refractivity contribution is 7.80. The fourth-order valence-electron chi connectivity index (χ4n) is 1.64. The quantitative estimate of drug-likeness (QED) is 0.752. The second kappa shape index (κ2) is 10.5. The number of para-hydroxylation sites is 1. The first-order valence-electron chi connectivity index (χ1n) is 6.29. The largest absolute Gasteiger partial charge is 0.361 e. The predicted molar refractivity (Wildman–Crippen MR) is 95.7 cm³/mol. The van der Waals surface area contributed by atoms with Crippen molar-refractivity contribution in [3.8, 4) is 0 Å². The fraction of sp³-hybridized carbons (Fsp3) is 0.462. The van der Waals surface area contributed by atoms with Crippen LogP contribution in [0.15, 0.2) is 18.2 Å². The normalized spacial score (nSPS) is 10.1. The van der Waals surface area contributed by atoms with Gasteiger partial charge in [0.1, 0.15) is 0 Å². The zero-order chi connectivity index (χ0) is 14.3. The van der Waals surface area contributed by atoms with E-state index in [1.165, 1.54) is 0 Å². The van der Waals surface area contributed by atoms with E-state index in [9.17, 15) is 0 Å². The molecule has 0 fully saturated rings. The number of anilines is 1. The van der Waals surface area contributed by atoms with Crippen LogP contribution in [0.1, 0.15) is 13.8 Å². The van der Waals surface area contributed by atoms with Crippen LogP contribution in [-0.4, -0.2) is 36.2 Å². The van der Waals surface area contributed by atoms with Crippen molar-refractivity contribution in [2.45, 2.75) is 13.8 Å². The first kappa shape index (κ1) is 19.7. The van der Waals surface area contributed by atoms with Crippen LogP contribution in [0.2, 0.25) is 10.0 Å². The van der Waals surface area contributed by atoms with E-state index in [-0.39, 0.29) is 12.4 Å². The maximum atomic E-state index is 6.06. The molecule has 0 aromatic heterocycles. The Morgan fingerprint density at radius 3 is 2.25 bits per heavy atom. The Kier molecular flexibility index (Phi) is 10.3. The number of benzene rings is 1. The smallest absolute Gasteiger partial charge is 0.170 e. The van der Waals surface area contributed by atoms with Crippen molar-refractivity contribution in [1.82, 2.24) is 10.2 Å². The van der Waals surface area contributed by atoms with Crippen LogP contribution in [0, 0.1) is 0 Å². The molecule has 0 saturated carbocycles. The van der Waals surface area contributed by atoms with Crippen molar-refractivity contribution >= 4 is 58.6 Å². The Hall–Kier alpha value is -0.260. The topological polar surface area (TPSA) is 27.3 Å². The molecule has 0 unspecified atom stereocenters. The molecule has 0 spiro atoms. The van der Waals surface area contributed by atoms with Crippen LogP contribution >= 0.6 is 47.8 Å². The molecule has 0 aliphatic carbocycles. The number of halogens is 3. The zero-order valence-electron chi connectivity index (χ0n) is 11.6. The van der Waals surface area contributed by atoms with E-state index in [1.807, 2.05) is 0 Å². The van der Waals surface area contributed by atoms with Crippen molar-refractivity contribution in [3.05, 3.63) is 28.2 Å². The van der Waals surface area contributed by atoms with Crippen molar-refractivity contribution < 1.29 is 0 Å². The number of rotatable bonds is 6. The molecule has 0 saturated heterocycles. The number of likely N-dealkylation sites (N-methyl/N-ethyl adjacent to an activating group) is 1. The third-order valence-corrected chi connectivity index (χ3v) is 3.69. The highest BCUT2D eigenvalue weighted by atomic mass is 35.5. The molecule has 0 aliphatic rings. The van der Waals surface area contributed by atoms with Crippen LogP contribution in [0.5, 0.6) is 0 Å². The first-order chi connectivity index (χ1) is 9.08. The van der Waals surface area contributed by atoms with Crippen LogP contribution in [0.3, 0.4) is 0 Å². The van der Waals surface area contributed by atoms with Gasteiger partial charge in [-0.3, -0.25) is 0 Å². The van der Waals surface area contributed by atoms with Gasteiger partial charge in [-0.05, 0) is 37.4 Å². The molecule has 0 amide bonds. The molecule has 20 heavy (non-hydrogen) atoms. The van der Waals surface area contributed by atoms with Gasteiger partial charge in [-0.15, -0.1) is 12.4 Å². The molecule has 0 bridgehead atoms. The first-order valence-corrected chi connectivity index (χ1v) is 7.46. The van der Waals surface area contributed by atoms with E-state index in [1.54, 1.807) is 18.2 Å². The summed E-state index contributed by atoms with van der Waals surface area (Å²) >= 11 is 17.3. The Bertz CT molecular complexity index is 405. The molecule has 0 atom stereocenters. The number of hydrogen-bond acceptors (Lipinski definition) is 2. The van der Waals surface area contributed by atoms with E-state index in [0.29, 0.717) is 20.8 Å². The zero-order valence-corrected chi connectivity index (χ0v) is 14.7. The highest BCUT2D eigenvalue weighted by Crippen LogP contribution is 2.29. The van der Waals surface area contributed by atoms with Crippen LogP contribution < -0.4 is 10.6 Å². The highest BCUT2D eigenvalue weighted by Gasteiger charge is 2.07. The summed E-state index contributed by atoms with van der Waals surface area (Å²) in [4.78, 5) is 2.32. The lowest BCUT2D eigenvalue weighted by molar-refractivity contribution is 0.308. The molecule has 3 nitrogen and oxygen atoms in total. The monoisotopic (exact) mass is 355 g/mol. The number of hydrogen-bond donors (Lipinski definition) is 2. The minimum absolute atomic E-state index is 0. The van der Waals surface area contributed by atoms with Gasteiger partial charge in [0.05, 0.1) is 15.7 Å². The van der Waals surface area contributed by atoms with Gasteiger partial charge in [-0.25, -0.2) is 0 Å². The molecule has 2 N–H and O–H groups in total. The molecule has 1 rings (SSSR count). The van der Waals surface area contributed by atoms with E-state index < -0.39 is 0 Å². The van der Waals surface area contributed by atoms with Crippen molar-refractivity contribution in [3.63, 3.8) is 0 Å². The summed E-state index contributed by atoms with van der Waals surface area (Å²) in [6.45, 7) is 8.09. The molecular formula is C13H20Cl3N3S. The Morgan fingerprint density at radius 2 is 1.75 bits per heavy atom. The van der Waals surface area contributed by atoms with E-state index >= 15 is 0 Å². The van der Waals surface area contributed by atoms with Gasteiger partial charge >= 0.3 is 0 Å². The number of nitrogens with one attached hydrogen (secondary N) is 2. The Morgan fingerprint density at radius 1 is 1.20 bits per heavy atom. The van der Waals surface area contributed by atoms with Crippen molar-refractivity contribution in [2.24, 2.45) is 0 Å². The molecule has 1 aromatic carbocycles. The molecule has 114 valence electrons. The number of nitrogens with zero attached hydrogens (tertiary/aromatic N) is 1. The lowest BCUT2D eigenvalue weighted by atomic mass is 10.3. The summed E-state index contributed by atoms with van der Waals surface area (Å²) in [6.07, 6.45) is 0. The van der Waals surface area contributed by atoms with Crippen molar-refractivity contribution in [1.29, 1.82) is 0 Å². The third-order valence-electron chi connectivity index (χ3n) is 2.81. The van der Waals surface area contributed by atoms with Gasteiger partial charge in [-0.1, -0.05) is 43.1 Å². The van der Waals surface area contributed by atoms with Crippen LogP contribution in [0.25, 0.3) is 0 Å². The minimum atomic E-state index is 0. The maximum absolute atomic E-state index is 6.06. The molecule has 7 heteroatoms. The summed E-state index contributed by atoms with van der Waals surface area (Å²) in [6, 6.07) is 5.34. The fourth-order valence-corrected chi connectivity index (χ4v) is 2.34. The molecule has 0 heterocycles. The van der Waals surface area contributed by atoms with E-state index in [4.69, 9.17) is 35.4 Å². The molecule has 1 aromatic rings. The van der Waals surface area contributed by atoms with Gasteiger partial charge in [0.25, 0.3) is 0 Å². The molecular weight excluding hydrogens is 337 g/mol. The van der Waals surface area contributed by atoms with E-state index in [0.717, 1.165) is 26.2 Å². The summed E-state index contributed by atoms with van der Waals surface area (Å²) in [7, 11) is 0. The third kappa shape index (κ3) is 6.46. The van der Waals surface area contributed by atoms with Gasteiger partial charge < -0.3 is 15.5 Å². The summed E-state index contributed by atoms with van der Waals surface area (Å²) in [5.74, 6) is 0. The predicted octanol–water partition coefficient (Wildman–Crippen LogP) is 4.04. The second-order valence-corrected chi connectivity index (χ2v) is 5.23. The van der Waals surface area contributed by atoms with Crippen molar-refractivity contribution in [2.75, 3.05) is 31.5 Å². The summed E-state index contributed by atoms with van der Waals surface area (Å²) in [5.41, 5.74) is 0.645. The van der Waals surface area contributed by atoms with Gasteiger partial charge in [0, 0.05) is 13.1 Å². The number of thiocarbonyl (C=S) groups is 1. The lowest BCUT2D eigenvalue weighted by Gasteiger charge is -2.19. The second-order valence-electron chi connectivity index (χ2n) is 4.00. The SMILES string of the molecule is CCN(CC)CCNC(=S)Nc1c(Cl)cccc1Cl.Cl. The average molecular weight is 357 g/mol. The van der Waals surface area contributed by atoms with Gasteiger partial charge in [0.15, 0.2) is 5.11 Å². The Labute approximate surface area is 142 Å². The van der Waals surface area contributed by atoms with E-state index in [2.05, 4.69) is 29.4 Å². The molecule has 0 aliphatic heterocycles.